The third kappa shape index (κ3) is 3.21. The summed E-state index contributed by atoms with van der Waals surface area (Å²) in [4.78, 5) is 39.1. The van der Waals surface area contributed by atoms with Crippen LogP contribution >= 0.6 is 0 Å². The Morgan fingerprint density at radius 1 is 1.00 bits per heavy atom. The molecule has 1 fully saturated rings. The van der Waals surface area contributed by atoms with Crippen molar-refractivity contribution in [3.63, 3.8) is 0 Å². The Bertz CT molecular complexity index is 879. The predicted octanol–water partition coefficient (Wildman–Crippen LogP) is -0.733. The smallest absolute Gasteiger partial charge is 0.332 e. The Balaban J connectivity index is 1.78. The zero-order valence-electron chi connectivity index (χ0n) is 15.0. The summed E-state index contributed by atoms with van der Waals surface area (Å²) in [7, 11) is 7.07. The fourth-order valence-electron chi connectivity index (χ4n) is 2.90. The topological polar surface area (TPSA) is 79.5 Å². The van der Waals surface area contributed by atoms with E-state index in [9.17, 15) is 9.59 Å². The third-order valence-electron chi connectivity index (χ3n) is 4.47. The van der Waals surface area contributed by atoms with E-state index in [-0.39, 0.29) is 11.2 Å². The first kappa shape index (κ1) is 17.0. The first-order valence-corrected chi connectivity index (χ1v) is 8.16. The molecule has 134 valence electrons. The van der Waals surface area contributed by atoms with Crippen LogP contribution in [0.15, 0.2) is 27.9 Å². The minimum absolute atomic E-state index is 0.289. The molecule has 1 aliphatic heterocycles. The first-order valence-electron chi connectivity index (χ1n) is 8.16. The molecule has 3 rings (SSSR count). The molecule has 1 saturated heterocycles. The summed E-state index contributed by atoms with van der Waals surface area (Å²) in [5.41, 5.74) is -0.602. The minimum Gasteiger partial charge on any atom is -0.363 e. The average Bonchev–Trinajstić information content (AvgIpc) is 2.63. The first-order chi connectivity index (χ1) is 11.9. The molecule has 1 aliphatic rings. The molecule has 0 radical (unpaired) electrons. The highest BCUT2D eigenvalue weighted by Gasteiger charge is 2.22. The Labute approximate surface area is 145 Å². The van der Waals surface area contributed by atoms with Crippen LogP contribution in [0.3, 0.4) is 0 Å². The summed E-state index contributed by atoms with van der Waals surface area (Å²) in [5, 5.41) is 0. The van der Waals surface area contributed by atoms with E-state index >= 15 is 0 Å². The van der Waals surface area contributed by atoms with Gasteiger partial charge >= 0.3 is 5.69 Å². The molecule has 2 aromatic rings. The van der Waals surface area contributed by atoms with Gasteiger partial charge in [-0.2, -0.15) is 4.98 Å². The van der Waals surface area contributed by atoms with Crippen molar-refractivity contribution in [2.24, 2.45) is 14.1 Å². The molecule has 25 heavy (non-hydrogen) atoms. The van der Waals surface area contributed by atoms with Gasteiger partial charge in [0.2, 0.25) is 5.95 Å². The maximum atomic E-state index is 12.1. The second-order valence-corrected chi connectivity index (χ2v) is 6.32. The highest BCUT2D eigenvalue weighted by Crippen LogP contribution is 2.17. The normalized spacial score (nSPS) is 14.7. The van der Waals surface area contributed by atoms with Crippen molar-refractivity contribution in [2.75, 3.05) is 55.0 Å². The standard InChI is InChI=1S/C16H23N7O2/c1-19(2)12-5-6-17-15(18-12)23-9-7-22(8-10-23)13-11-14(24)21(4)16(25)20(13)3/h5-6,11H,7-10H2,1-4H3. The fourth-order valence-corrected chi connectivity index (χ4v) is 2.90. The van der Waals surface area contributed by atoms with Gasteiger partial charge in [0.1, 0.15) is 11.6 Å². The molecule has 0 amide bonds. The summed E-state index contributed by atoms with van der Waals surface area (Å²) in [6, 6.07) is 3.38. The van der Waals surface area contributed by atoms with E-state index in [4.69, 9.17) is 0 Å². The molecular weight excluding hydrogens is 322 g/mol. The van der Waals surface area contributed by atoms with Crippen LogP contribution in [-0.4, -0.2) is 59.4 Å². The van der Waals surface area contributed by atoms with Crippen molar-refractivity contribution in [1.29, 1.82) is 0 Å². The number of nitrogens with zero attached hydrogens (tertiary/aromatic N) is 7. The van der Waals surface area contributed by atoms with E-state index in [1.54, 1.807) is 13.2 Å². The largest absolute Gasteiger partial charge is 0.363 e. The van der Waals surface area contributed by atoms with Gasteiger partial charge in [0.05, 0.1) is 0 Å². The van der Waals surface area contributed by atoms with Crippen LogP contribution in [0.1, 0.15) is 0 Å². The zero-order valence-corrected chi connectivity index (χ0v) is 15.0. The van der Waals surface area contributed by atoms with Crippen molar-refractivity contribution in [3.8, 4) is 0 Å². The quantitative estimate of drug-likeness (QED) is 0.725. The third-order valence-corrected chi connectivity index (χ3v) is 4.47. The van der Waals surface area contributed by atoms with Crippen molar-refractivity contribution in [3.05, 3.63) is 39.2 Å². The molecule has 0 aromatic carbocycles. The van der Waals surface area contributed by atoms with Gasteiger partial charge in [-0.15, -0.1) is 0 Å². The zero-order chi connectivity index (χ0) is 18.1. The van der Waals surface area contributed by atoms with Crippen LogP contribution in [0.2, 0.25) is 0 Å². The molecule has 0 unspecified atom stereocenters. The highest BCUT2D eigenvalue weighted by molar-refractivity contribution is 5.45. The van der Waals surface area contributed by atoms with Crippen LogP contribution in [0, 0.1) is 0 Å². The van der Waals surface area contributed by atoms with Crippen molar-refractivity contribution in [2.45, 2.75) is 0 Å². The van der Waals surface area contributed by atoms with E-state index in [1.165, 1.54) is 17.7 Å². The van der Waals surface area contributed by atoms with Gasteiger partial charge in [-0.05, 0) is 6.07 Å². The number of piperazine rings is 1. The summed E-state index contributed by atoms with van der Waals surface area (Å²) in [5.74, 6) is 2.21. The summed E-state index contributed by atoms with van der Waals surface area (Å²) in [6.45, 7) is 2.83. The number of hydrogen-bond donors (Lipinski definition) is 0. The summed E-state index contributed by atoms with van der Waals surface area (Å²) >= 11 is 0. The second-order valence-electron chi connectivity index (χ2n) is 6.32. The minimum atomic E-state index is -0.313. The molecule has 0 N–H and O–H groups in total. The molecule has 0 bridgehead atoms. The average molecular weight is 345 g/mol. The van der Waals surface area contributed by atoms with Gasteiger partial charge in [0, 0.05) is 66.6 Å². The number of hydrogen-bond acceptors (Lipinski definition) is 7. The molecule has 0 aliphatic carbocycles. The molecule has 0 atom stereocenters. The van der Waals surface area contributed by atoms with Gasteiger partial charge in [0.15, 0.2) is 0 Å². The number of aromatic nitrogens is 4. The van der Waals surface area contributed by atoms with Gasteiger partial charge < -0.3 is 14.7 Å². The van der Waals surface area contributed by atoms with E-state index < -0.39 is 0 Å². The Kier molecular flexibility index (Phi) is 4.47. The Hall–Kier alpha value is -2.84. The lowest BCUT2D eigenvalue weighted by Crippen LogP contribution is -2.49. The van der Waals surface area contributed by atoms with Crippen molar-refractivity contribution >= 4 is 17.6 Å². The van der Waals surface area contributed by atoms with Crippen molar-refractivity contribution in [1.82, 2.24) is 19.1 Å². The lowest BCUT2D eigenvalue weighted by Gasteiger charge is -2.36. The van der Waals surface area contributed by atoms with Gasteiger partial charge in [-0.1, -0.05) is 0 Å². The van der Waals surface area contributed by atoms with Crippen LogP contribution in [0.4, 0.5) is 17.6 Å². The Morgan fingerprint density at radius 2 is 1.64 bits per heavy atom. The van der Waals surface area contributed by atoms with Crippen LogP contribution in [0.25, 0.3) is 0 Å². The molecule has 0 saturated carbocycles. The number of rotatable bonds is 3. The molecular formula is C16H23N7O2. The lowest BCUT2D eigenvalue weighted by molar-refractivity contribution is 0.603. The molecule has 3 heterocycles. The number of anilines is 3. The molecule has 2 aromatic heterocycles. The monoisotopic (exact) mass is 345 g/mol. The maximum absolute atomic E-state index is 12.1. The van der Waals surface area contributed by atoms with Crippen LogP contribution < -0.4 is 25.9 Å². The van der Waals surface area contributed by atoms with E-state index in [0.29, 0.717) is 24.9 Å². The van der Waals surface area contributed by atoms with Gasteiger partial charge in [-0.3, -0.25) is 13.9 Å². The predicted molar refractivity (Wildman–Crippen MR) is 97.7 cm³/mol. The van der Waals surface area contributed by atoms with E-state index in [0.717, 1.165) is 23.5 Å². The molecule has 9 nitrogen and oxygen atoms in total. The van der Waals surface area contributed by atoms with Crippen molar-refractivity contribution < 1.29 is 0 Å². The van der Waals surface area contributed by atoms with Crippen LogP contribution in [-0.2, 0) is 14.1 Å². The SMILES string of the molecule is CN(C)c1ccnc(N2CCN(c3cc(=O)n(C)c(=O)n3C)CC2)n1. The fraction of sp³-hybridized carbons (Fsp3) is 0.500. The van der Waals surface area contributed by atoms with Gasteiger partial charge in [-0.25, -0.2) is 9.78 Å². The second kappa shape index (κ2) is 6.58. The van der Waals surface area contributed by atoms with Gasteiger partial charge in [0.25, 0.3) is 5.56 Å². The maximum Gasteiger partial charge on any atom is 0.332 e. The highest BCUT2D eigenvalue weighted by atomic mass is 16.2. The van der Waals surface area contributed by atoms with E-state index in [2.05, 4.69) is 19.8 Å². The molecule has 9 heteroatoms. The Morgan fingerprint density at radius 3 is 2.28 bits per heavy atom. The lowest BCUT2D eigenvalue weighted by atomic mass is 10.3. The molecule has 0 spiro atoms. The summed E-state index contributed by atoms with van der Waals surface area (Å²) in [6.07, 6.45) is 1.76. The summed E-state index contributed by atoms with van der Waals surface area (Å²) < 4.78 is 2.63. The van der Waals surface area contributed by atoms with Crippen LogP contribution in [0.5, 0.6) is 0 Å². The van der Waals surface area contributed by atoms with E-state index in [1.807, 2.05) is 25.1 Å².